The molecule has 0 unspecified atom stereocenters. The predicted molar refractivity (Wildman–Crippen MR) is 89.4 cm³/mol. The van der Waals surface area contributed by atoms with Gasteiger partial charge in [-0.3, -0.25) is 4.98 Å². The van der Waals surface area contributed by atoms with E-state index in [1.807, 2.05) is 37.3 Å². The number of hydrogen-bond acceptors (Lipinski definition) is 3. The summed E-state index contributed by atoms with van der Waals surface area (Å²) in [6.07, 6.45) is 0. The van der Waals surface area contributed by atoms with Gasteiger partial charge in [-0.1, -0.05) is 32.0 Å². The normalized spacial score (nSPS) is 10.9. The fraction of sp³-hybridized carbons (Fsp3) is 0.353. The average Bonchev–Trinajstić information content (AvgIpc) is 2.44. The number of nitrogens with zero attached hydrogens (tertiary/aromatic N) is 1. The van der Waals surface area contributed by atoms with Crippen molar-refractivity contribution in [3.05, 3.63) is 57.8 Å². The van der Waals surface area contributed by atoms with Gasteiger partial charge in [0.05, 0.1) is 10.2 Å². The molecule has 112 valence electrons. The largest absolute Gasteiger partial charge is 0.486 e. The molecule has 3 nitrogen and oxygen atoms in total. The van der Waals surface area contributed by atoms with Crippen LogP contribution in [0.25, 0.3) is 0 Å². The molecular weight excluding hydrogens is 328 g/mol. The highest BCUT2D eigenvalue weighted by molar-refractivity contribution is 9.10. The van der Waals surface area contributed by atoms with Gasteiger partial charge in [0.2, 0.25) is 0 Å². The van der Waals surface area contributed by atoms with Crippen LogP contribution in [-0.4, -0.2) is 11.0 Å². The molecule has 1 N–H and O–H groups in total. The topological polar surface area (TPSA) is 34.1 Å². The van der Waals surface area contributed by atoms with E-state index in [0.29, 0.717) is 12.6 Å². The quantitative estimate of drug-likeness (QED) is 0.848. The van der Waals surface area contributed by atoms with Gasteiger partial charge < -0.3 is 10.1 Å². The smallest absolute Gasteiger partial charge is 0.138 e. The van der Waals surface area contributed by atoms with Crippen molar-refractivity contribution in [1.29, 1.82) is 0 Å². The van der Waals surface area contributed by atoms with Crippen molar-refractivity contribution in [2.45, 2.75) is 40.0 Å². The van der Waals surface area contributed by atoms with Crippen LogP contribution in [0, 0.1) is 6.92 Å². The lowest BCUT2D eigenvalue weighted by atomic mass is 10.2. The van der Waals surface area contributed by atoms with Crippen molar-refractivity contribution in [2.75, 3.05) is 0 Å². The Morgan fingerprint density at radius 2 is 1.95 bits per heavy atom. The molecule has 0 fully saturated rings. The number of pyridine rings is 1. The van der Waals surface area contributed by atoms with Gasteiger partial charge in [-0.15, -0.1) is 0 Å². The molecule has 0 aliphatic rings. The fourth-order valence-electron chi connectivity index (χ4n) is 1.99. The van der Waals surface area contributed by atoms with Gasteiger partial charge in [0.1, 0.15) is 12.4 Å². The molecule has 0 atom stereocenters. The number of aryl methyl sites for hydroxylation is 1. The molecule has 0 saturated carbocycles. The Kier molecular flexibility index (Phi) is 5.76. The van der Waals surface area contributed by atoms with E-state index in [0.717, 1.165) is 33.7 Å². The number of ether oxygens (including phenoxy) is 1. The van der Waals surface area contributed by atoms with Crippen LogP contribution in [0.3, 0.4) is 0 Å². The Morgan fingerprint density at radius 1 is 1.19 bits per heavy atom. The maximum absolute atomic E-state index is 5.99. The summed E-state index contributed by atoms with van der Waals surface area (Å²) in [4.78, 5) is 4.47. The third-order valence-electron chi connectivity index (χ3n) is 3.06. The Hall–Kier alpha value is -1.39. The lowest BCUT2D eigenvalue weighted by molar-refractivity contribution is 0.295. The summed E-state index contributed by atoms with van der Waals surface area (Å²) in [5.41, 5.74) is 3.09. The second-order valence-corrected chi connectivity index (χ2v) is 6.18. The van der Waals surface area contributed by atoms with Crippen molar-refractivity contribution in [3.8, 4) is 5.75 Å². The molecule has 2 rings (SSSR count). The summed E-state index contributed by atoms with van der Waals surface area (Å²) in [5, 5.41) is 3.42. The SMILES string of the molecule is Cc1cccc(COc2c(Br)cccc2CNC(C)C)n1. The molecule has 0 spiro atoms. The van der Waals surface area contributed by atoms with Crippen LogP contribution in [0.5, 0.6) is 5.75 Å². The molecule has 1 heterocycles. The second kappa shape index (κ2) is 7.57. The minimum atomic E-state index is 0.440. The Labute approximate surface area is 134 Å². The summed E-state index contributed by atoms with van der Waals surface area (Å²) in [5.74, 6) is 0.883. The average molecular weight is 349 g/mol. The Bertz CT molecular complexity index is 599. The van der Waals surface area contributed by atoms with E-state index >= 15 is 0 Å². The molecule has 0 aliphatic heterocycles. The molecule has 0 amide bonds. The lowest BCUT2D eigenvalue weighted by Crippen LogP contribution is -2.22. The zero-order chi connectivity index (χ0) is 15.2. The van der Waals surface area contributed by atoms with Crippen LogP contribution in [0.15, 0.2) is 40.9 Å². The molecule has 2 aromatic rings. The van der Waals surface area contributed by atoms with Gasteiger partial charge >= 0.3 is 0 Å². The minimum absolute atomic E-state index is 0.440. The Morgan fingerprint density at radius 3 is 2.67 bits per heavy atom. The number of hydrogen-bond donors (Lipinski definition) is 1. The van der Waals surface area contributed by atoms with Crippen LogP contribution in [0.1, 0.15) is 30.8 Å². The van der Waals surface area contributed by atoms with Crippen LogP contribution >= 0.6 is 15.9 Å². The fourth-order valence-corrected chi connectivity index (χ4v) is 2.52. The van der Waals surface area contributed by atoms with Crippen molar-refractivity contribution in [1.82, 2.24) is 10.3 Å². The van der Waals surface area contributed by atoms with Crippen LogP contribution in [0.4, 0.5) is 0 Å². The summed E-state index contributed by atoms with van der Waals surface area (Å²) < 4.78 is 6.96. The standard InChI is InChI=1S/C17H21BrN2O/c1-12(2)19-10-14-7-5-9-16(18)17(14)21-11-15-8-4-6-13(3)20-15/h4-9,12,19H,10-11H2,1-3H3. The van der Waals surface area contributed by atoms with E-state index in [2.05, 4.69) is 46.1 Å². The zero-order valence-corrected chi connectivity index (χ0v) is 14.3. The summed E-state index contributed by atoms with van der Waals surface area (Å²) in [6, 6.07) is 12.5. The van der Waals surface area contributed by atoms with E-state index in [9.17, 15) is 0 Å². The molecule has 0 bridgehead atoms. The summed E-state index contributed by atoms with van der Waals surface area (Å²) >= 11 is 3.57. The number of aromatic nitrogens is 1. The lowest BCUT2D eigenvalue weighted by Gasteiger charge is -2.15. The monoisotopic (exact) mass is 348 g/mol. The minimum Gasteiger partial charge on any atom is -0.486 e. The molecule has 1 aromatic carbocycles. The van der Waals surface area contributed by atoms with Gasteiger partial charge in [0.15, 0.2) is 0 Å². The second-order valence-electron chi connectivity index (χ2n) is 5.32. The third kappa shape index (κ3) is 4.83. The first-order chi connectivity index (χ1) is 10.1. The highest BCUT2D eigenvalue weighted by Crippen LogP contribution is 2.29. The number of halogens is 1. The first-order valence-electron chi connectivity index (χ1n) is 7.12. The van der Waals surface area contributed by atoms with E-state index in [1.165, 1.54) is 0 Å². The van der Waals surface area contributed by atoms with E-state index in [1.54, 1.807) is 0 Å². The molecular formula is C17H21BrN2O. The van der Waals surface area contributed by atoms with E-state index in [-0.39, 0.29) is 0 Å². The van der Waals surface area contributed by atoms with Crippen LogP contribution < -0.4 is 10.1 Å². The van der Waals surface area contributed by atoms with Gasteiger partial charge in [-0.05, 0) is 41.1 Å². The van der Waals surface area contributed by atoms with Gasteiger partial charge in [-0.2, -0.15) is 0 Å². The van der Waals surface area contributed by atoms with Crippen molar-refractivity contribution < 1.29 is 4.74 Å². The first kappa shape index (κ1) is 16.0. The highest BCUT2D eigenvalue weighted by Gasteiger charge is 2.09. The number of para-hydroxylation sites is 1. The van der Waals surface area contributed by atoms with Crippen LogP contribution in [-0.2, 0) is 13.2 Å². The van der Waals surface area contributed by atoms with Crippen molar-refractivity contribution in [3.63, 3.8) is 0 Å². The Balaban J connectivity index is 2.11. The first-order valence-corrected chi connectivity index (χ1v) is 7.91. The van der Waals surface area contributed by atoms with Crippen molar-refractivity contribution >= 4 is 15.9 Å². The molecule has 0 aliphatic carbocycles. The van der Waals surface area contributed by atoms with Gasteiger partial charge in [0.25, 0.3) is 0 Å². The maximum atomic E-state index is 5.99. The van der Waals surface area contributed by atoms with Gasteiger partial charge in [-0.25, -0.2) is 0 Å². The number of benzene rings is 1. The number of rotatable bonds is 6. The zero-order valence-electron chi connectivity index (χ0n) is 12.7. The summed E-state index contributed by atoms with van der Waals surface area (Å²) in [6.45, 7) is 7.51. The van der Waals surface area contributed by atoms with E-state index in [4.69, 9.17) is 4.74 Å². The molecule has 0 radical (unpaired) electrons. The molecule has 4 heteroatoms. The maximum Gasteiger partial charge on any atom is 0.138 e. The predicted octanol–water partition coefficient (Wildman–Crippen LogP) is 4.23. The van der Waals surface area contributed by atoms with Crippen molar-refractivity contribution in [2.24, 2.45) is 0 Å². The molecule has 21 heavy (non-hydrogen) atoms. The summed E-state index contributed by atoms with van der Waals surface area (Å²) in [7, 11) is 0. The number of nitrogens with one attached hydrogen (secondary N) is 1. The van der Waals surface area contributed by atoms with E-state index < -0.39 is 0 Å². The highest BCUT2D eigenvalue weighted by atomic mass is 79.9. The molecule has 0 saturated heterocycles. The van der Waals surface area contributed by atoms with Crippen LogP contribution in [0.2, 0.25) is 0 Å². The van der Waals surface area contributed by atoms with Gasteiger partial charge in [0, 0.05) is 23.8 Å². The third-order valence-corrected chi connectivity index (χ3v) is 3.68. The molecule has 1 aromatic heterocycles.